The Balaban J connectivity index is 1.72. The van der Waals surface area contributed by atoms with Crippen molar-refractivity contribution in [3.63, 3.8) is 0 Å². The molecule has 0 saturated carbocycles. The summed E-state index contributed by atoms with van der Waals surface area (Å²) in [6.45, 7) is 5.99. The number of rotatable bonds is 4. The Hall–Kier alpha value is -1.30. The van der Waals surface area contributed by atoms with Crippen LogP contribution < -0.4 is 9.47 Å². The van der Waals surface area contributed by atoms with Crippen LogP contribution in [-0.2, 0) is 6.54 Å². The monoisotopic (exact) mass is 306 g/mol. The lowest BCUT2D eigenvalue weighted by Gasteiger charge is -2.42. The number of aliphatic hydroxyl groups is 1. The molecule has 0 aromatic heterocycles. The summed E-state index contributed by atoms with van der Waals surface area (Å²) in [5, 5.41) is 9.87. The molecule has 2 saturated heterocycles. The molecule has 3 rings (SSSR count). The first-order chi connectivity index (χ1) is 10.6. The van der Waals surface area contributed by atoms with Gasteiger partial charge in [0, 0.05) is 49.9 Å². The summed E-state index contributed by atoms with van der Waals surface area (Å²) in [4.78, 5) is 4.92. The Bertz CT molecular complexity index is 523. The van der Waals surface area contributed by atoms with Gasteiger partial charge >= 0.3 is 0 Å². The standard InChI is InChI=1S/C17H26N2O3/c1-12-8-19-11-15(20)6-14(19)10-18(12)9-13-4-5-16(21-2)7-17(13)22-3/h4-5,7,12,14-15,20H,6,8-11H2,1-3H3/t12-,14?,15+/m0/s1. The van der Waals surface area contributed by atoms with Gasteiger partial charge in [0.15, 0.2) is 0 Å². The van der Waals surface area contributed by atoms with Gasteiger partial charge in [0.2, 0.25) is 0 Å². The molecular formula is C17H26N2O3. The van der Waals surface area contributed by atoms with Crippen LogP contribution in [-0.4, -0.2) is 66.9 Å². The van der Waals surface area contributed by atoms with Crippen molar-refractivity contribution < 1.29 is 14.6 Å². The van der Waals surface area contributed by atoms with Crippen LogP contribution in [0.3, 0.4) is 0 Å². The van der Waals surface area contributed by atoms with Gasteiger partial charge in [-0.25, -0.2) is 0 Å². The molecule has 2 fully saturated rings. The van der Waals surface area contributed by atoms with Crippen LogP contribution in [0.2, 0.25) is 0 Å². The molecule has 0 amide bonds. The number of methoxy groups -OCH3 is 2. The molecule has 2 aliphatic heterocycles. The Labute approximate surface area is 132 Å². The minimum Gasteiger partial charge on any atom is -0.497 e. The first kappa shape index (κ1) is 15.6. The molecule has 2 heterocycles. The molecule has 5 nitrogen and oxygen atoms in total. The summed E-state index contributed by atoms with van der Waals surface area (Å²) >= 11 is 0. The third kappa shape index (κ3) is 3.07. The number of piperazine rings is 1. The van der Waals surface area contributed by atoms with E-state index in [0.29, 0.717) is 12.1 Å². The predicted octanol–water partition coefficient (Wildman–Crippen LogP) is 1.34. The van der Waals surface area contributed by atoms with E-state index in [9.17, 15) is 5.11 Å². The highest BCUT2D eigenvalue weighted by atomic mass is 16.5. The molecule has 0 spiro atoms. The van der Waals surface area contributed by atoms with Crippen molar-refractivity contribution in [3.8, 4) is 11.5 Å². The fraction of sp³-hybridized carbons (Fsp3) is 0.647. The number of aliphatic hydroxyl groups excluding tert-OH is 1. The molecule has 0 aliphatic carbocycles. The summed E-state index contributed by atoms with van der Waals surface area (Å²) in [6, 6.07) is 6.97. The lowest BCUT2D eigenvalue weighted by Crippen LogP contribution is -2.54. The first-order valence-electron chi connectivity index (χ1n) is 7.97. The Morgan fingerprint density at radius 1 is 1.18 bits per heavy atom. The van der Waals surface area contributed by atoms with E-state index in [0.717, 1.165) is 44.1 Å². The average Bonchev–Trinajstić information content (AvgIpc) is 2.87. The van der Waals surface area contributed by atoms with Gasteiger partial charge in [0.1, 0.15) is 11.5 Å². The molecule has 1 aromatic carbocycles. The second-order valence-corrected chi connectivity index (χ2v) is 6.45. The van der Waals surface area contributed by atoms with Gasteiger partial charge in [-0.15, -0.1) is 0 Å². The summed E-state index contributed by atoms with van der Waals surface area (Å²) in [5.74, 6) is 1.69. The van der Waals surface area contributed by atoms with Gasteiger partial charge in [-0.3, -0.25) is 9.80 Å². The van der Waals surface area contributed by atoms with Crippen molar-refractivity contribution in [2.24, 2.45) is 0 Å². The Kier molecular flexibility index (Phi) is 4.57. The van der Waals surface area contributed by atoms with Crippen molar-refractivity contribution in [3.05, 3.63) is 23.8 Å². The van der Waals surface area contributed by atoms with Gasteiger partial charge in [0.25, 0.3) is 0 Å². The highest BCUT2D eigenvalue weighted by Crippen LogP contribution is 2.30. The molecule has 22 heavy (non-hydrogen) atoms. The normalized spacial score (nSPS) is 29.4. The third-order valence-electron chi connectivity index (χ3n) is 4.94. The molecule has 0 radical (unpaired) electrons. The number of nitrogens with zero attached hydrogens (tertiary/aromatic N) is 2. The molecule has 122 valence electrons. The van der Waals surface area contributed by atoms with Gasteiger partial charge in [-0.05, 0) is 19.4 Å². The van der Waals surface area contributed by atoms with Gasteiger partial charge < -0.3 is 14.6 Å². The van der Waals surface area contributed by atoms with E-state index in [4.69, 9.17) is 9.47 Å². The van der Waals surface area contributed by atoms with Crippen LogP contribution in [0.15, 0.2) is 18.2 Å². The largest absolute Gasteiger partial charge is 0.497 e. The highest BCUT2D eigenvalue weighted by molar-refractivity contribution is 5.40. The minimum absolute atomic E-state index is 0.160. The van der Waals surface area contributed by atoms with Crippen molar-refractivity contribution in [1.29, 1.82) is 0 Å². The molecule has 5 heteroatoms. The van der Waals surface area contributed by atoms with E-state index in [1.54, 1.807) is 14.2 Å². The fourth-order valence-electron chi connectivity index (χ4n) is 3.70. The summed E-state index contributed by atoms with van der Waals surface area (Å²) in [6.07, 6.45) is 0.732. The van der Waals surface area contributed by atoms with E-state index in [-0.39, 0.29) is 6.10 Å². The lowest BCUT2D eigenvalue weighted by atomic mass is 10.1. The maximum absolute atomic E-state index is 9.87. The number of benzene rings is 1. The lowest BCUT2D eigenvalue weighted by molar-refractivity contribution is 0.0523. The van der Waals surface area contributed by atoms with E-state index in [2.05, 4.69) is 22.8 Å². The van der Waals surface area contributed by atoms with Crippen LogP contribution in [0, 0.1) is 0 Å². The van der Waals surface area contributed by atoms with Crippen LogP contribution in [0.25, 0.3) is 0 Å². The van der Waals surface area contributed by atoms with Gasteiger partial charge in [-0.2, -0.15) is 0 Å². The minimum atomic E-state index is -0.160. The van der Waals surface area contributed by atoms with Crippen molar-refractivity contribution in [1.82, 2.24) is 9.80 Å². The van der Waals surface area contributed by atoms with Crippen molar-refractivity contribution in [2.45, 2.75) is 38.1 Å². The summed E-state index contributed by atoms with van der Waals surface area (Å²) < 4.78 is 10.8. The van der Waals surface area contributed by atoms with Crippen molar-refractivity contribution >= 4 is 0 Å². The molecule has 1 N–H and O–H groups in total. The molecule has 3 atom stereocenters. The van der Waals surface area contributed by atoms with Crippen LogP contribution in [0.4, 0.5) is 0 Å². The van der Waals surface area contributed by atoms with E-state index >= 15 is 0 Å². The molecular weight excluding hydrogens is 280 g/mol. The Morgan fingerprint density at radius 2 is 2.00 bits per heavy atom. The number of hydrogen-bond donors (Lipinski definition) is 1. The second kappa shape index (κ2) is 6.44. The average molecular weight is 306 g/mol. The van der Waals surface area contributed by atoms with Crippen LogP contribution >= 0.6 is 0 Å². The summed E-state index contributed by atoms with van der Waals surface area (Å²) in [5.41, 5.74) is 1.18. The number of fused-ring (bicyclic) bond motifs is 1. The predicted molar refractivity (Wildman–Crippen MR) is 85.4 cm³/mol. The second-order valence-electron chi connectivity index (χ2n) is 6.45. The zero-order valence-electron chi connectivity index (χ0n) is 13.7. The van der Waals surface area contributed by atoms with E-state index in [1.165, 1.54) is 5.56 Å². The maximum Gasteiger partial charge on any atom is 0.127 e. The molecule has 1 aromatic rings. The maximum atomic E-state index is 9.87. The Morgan fingerprint density at radius 3 is 2.73 bits per heavy atom. The van der Waals surface area contributed by atoms with Crippen molar-refractivity contribution in [2.75, 3.05) is 33.9 Å². The fourth-order valence-corrected chi connectivity index (χ4v) is 3.70. The van der Waals surface area contributed by atoms with Crippen LogP contribution in [0.5, 0.6) is 11.5 Å². The van der Waals surface area contributed by atoms with E-state index < -0.39 is 0 Å². The first-order valence-corrected chi connectivity index (χ1v) is 7.97. The SMILES string of the molecule is COc1ccc(CN2CC3C[C@@H](O)CN3C[C@@H]2C)c(OC)c1. The van der Waals surface area contributed by atoms with E-state index in [1.807, 2.05) is 12.1 Å². The number of ether oxygens (including phenoxy) is 2. The zero-order chi connectivity index (χ0) is 15.7. The highest BCUT2D eigenvalue weighted by Gasteiger charge is 2.38. The zero-order valence-corrected chi connectivity index (χ0v) is 13.7. The number of hydrogen-bond acceptors (Lipinski definition) is 5. The molecule has 1 unspecified atom stereocenters. The molecule has 2 aliphatic rings. The third-order valence-corrected chi connectivity index (χ3v) is 4.94. The van der Waals surface area contributed by atoms with Gasteiger partial charge in [-0.1, -0.05) is 6.07 Å². The quantitative estimate of drug-likeness (QED) is 0.909. The van der Waals surface area contributed by atoms with Gasteiger partial charge in [0.05, 0.1) is 20.3 Å². The molecule has 0 bridgehead atoms. The topological polar surface area (TPSA) is 45.2 Å². The smallest absolute Gasteiger partial charge is 0.127 e. The van der Waals surface area contributed by atoms with Crippen LogP contribution in [0.1, 0.15) is 18.9 Å². The summed E-state index contributed by atoms with van der Waals surface area (Å²) in [7, 11) is 3.37.